The van der Waals surface area contributed by atoms with E-state index in [4.69, 9.17) is 9.84 Å². The Bertz CT molecular complexity index is 235. The number of aromatic hydroxyl groups is 1. The maximum Gasteiger partial charge on any atom is 0.132 e. The van der Waals surface area contributed by atoms with Gasteiger partial charge in [-0.25, -0.2) is 0 Å². The minimum Gasteiger partial charge on any atom is -0.508 e. The van der Waals surface area contributed by atoms with E-state index in [1.165, 1.54) is 6.07 Å². The van der Waals surface area contributed by atoms with E-state index in [1.807, 2.05) is 0 Å². The Morgan fingerprint density at radius 1 is 1.50 bits per heavy atom. The van der Waals surface area contributed by atoms with Crippen LogP contribution in [0.5, 0.6) is 11.5 Å². The average Bonchev–Trinajstić information content (AvgIpc) is 1.88. The lowest BCUT2D eigenvalue weighted by Crippen LogP contribution is -1.82. The fourth-order valence-electron chi connectivity index (χ4n) is 0.678. The van der Waals surface area contributed by atoms with Gasteiger partial charge in [0.05, 0.1) is 7.11 Å². The summed E-state index contributed by atoms with van der Waals surface area (Å²) in [6.45, 7) is 0. The number of benzene rings is 1. The smallest absolute Gasteiger partial charge is 0.132 e. The number of phenolic OH excluding ortho intramolecular Hbond substituents is 1. The molecule has 0 aliphatic heterocycles. The number of hydrogen-bond acceptors (Lipinski definition) is 3. The molecule has 0 unspecified atom stereocenters. The Morgan fingerprint density at radius 3 is 2.70 bits per heavy atom. The van der Waals surface area contributed by atoms with E-state index in [2.05, 4.69) is 12.6 Å². The van der Waals surface area contributed by atoms with Crippen LogP contribution in [0.25, 0.3) is 0 Å². The molecule has 0 saturated heterocycles. The van der Waals surface area contributed by atoms with Crippen LogP contribution in [0, 0.1) is 0 Å². The van der Waals surface area contributed by atoms with E-state index in [0.717, 1.165) is 0 Å². The molecular weight excluding hydrogens is 148 g/mol. The third kappa shape index (κ3) is 1.36. The third-order valence-corrected chi connectivity index (χ3v) is 1.51. The number of phenols is 1. The zero-order valence-corrected chi connectivity index (χ0v) is 6.43. The van der Waals surface area contributed by atoms with Crippen LogP contribution in [0.4, 0.5) is 0 Å². The number of ether oxygens (including phenoxy) is 1. The number of hydrogen-bond donors (Lipinski definition) is 2. The third-order valence-electron chi connectivity index (χ3n) is 1.16. The van der Waals surface area contributed by atoms with Gasteiger partial charge in [0, 0.05) is 4.90 Å². The summed E-state index contributed by atoms with van der Waals surface area (Å²) in [5.74, 6) is 0.868. The highest BCUT2D eigenvalue weighted by atomic mass is 32.1. The lowest BCUT2D eigenvalue weighted by atomic mass is 10.3. The Morgan fingerprint density at radius 2 is 2.20 bits per heavy atom. The first-order chi connectivity index (χ1) is 4.74. The zero-order chi connectivity index (χ0) is 7.56. The van der Waals surface area contributed by atoms with Crippen LogP contribution in [0.15, 0.2) is 23.1 Å². The largest absolute Gasteiger partial charge is 0.508 e. The maximum atomic E-state index is 8.93. The lowest BCUT2D eigenvalue weighted by Gasteiger charge is -2.01. The number of rotatable bonds is 1. The van der Waals surface area contributed by atoms with Crippen molar-refractivity contribution in [3.63, 3.8) is 0 Å². The molecule has 0 bridgehead atoms. The molecule has 0 aromatic heterocycles. The Hall–Kier alpha value is -0.830. The second-order valence-corrected chi connectivity index (χ2v) is 2.34. The summed E-state index contributed by atoms with van der Waals surface area (Å²) in [5, 5.41) is 8.93. The van der Waals surface area contributed by atoms with Gasteiger partial charge < -0.3 is 9.84 Å². The summed E-state index contributed by atoms with van der Waals surface area (Å²) >= 11 is 4.06. The van der Waals surface area contributed by atoms with Gasteiger partial charge in [-0.1, -0.05) is 0 Å². The monoisotopic (exact) mass is 156 g/mol. The van der Waals surface area contributed by atoms with Crippen LogP contribution in [-0.4, -0.2) is 12.2 Å². The van der Waals surface area contributed by atoms with Crippen molar-refractivity contribution in [2.75, 3.05) is 7.11 Å². The van der Waals surface area contributed by atoms with Crippen LogP contribution in [-0.2, 0) is 0 Å². The predicted molar refractivity (Wildman–Crippen MR) is 41.9 cm³/mol. The van der Waals surface area contributed by atoms with Crippen molar-refractivity contribution in [1.29, 1.82) is 0 Å². The summed E-state index contributed by atoms with van der Waals surface area (Å²) in [5.41, 5.74) is 0. The van der Waals surface area contributed by atoms with Crippen molar-refractivity contribution >= 4 is 12.6 Å². The van der Waals surface area contributed by atoms with Crippen LogP contribution in [0.3, 0.4) is 0 Å². The molecule has 0 aliphatic rings. The molecule has 54 valence electrons. The highest BCUT2D eigenvalue weighted by molar-refractivity contribution is 7.80. The topological polar surface area (TPSA) is 29.5 Å². The van der Waals surface area contributed by atoms with Crippen LogP contribution in [0.1, 0.15) is 0 Å². The lowest BCUT2D eigenvalue weighted by molar-refractivity contribution is 0.401. The molecule has 0 fully saturated rings. The van der Waals surface area contributed by atoms with Crippen molar-refractivity contribution in [3.05, 3.63) is 18.2 Å². The molecule has 1 N–H and O–H groups in total. The van der Waals surface area contributed by atoms with Gasteiger partial charge in [-0.3, -0.25) is 0 Å². The van der Waals surface area contributed by atoms with Gasteiger partial charge in [0.1, 0.15) is 11.5 Å². The predicted octanol–water partition coefficient (Wildman–Crippen LogP) is 1.69. The molecule has 0 aliphatic carbocycles. The van der Waals surface area contributed by atoms with E-state index in [0.29, 0.717) is 10.6 Å². The van der Waals surface area contributed by atoms with Crippen molar-refractivity contribution in [2.24, 2.45) is 0 Å². The first-order valence-corrected chi connectivity index (χ1v) is 3.24. The highest BCUT2D eigenvalue weighted by Crippen LogP contribution is 2.25. The van der Waals surface area contributed by atoms with Crippen molar-refractivity contribution < 1.29 is 9.84 Å². The van der Waals surface area contributed by atoms with E-state index in [1.54, 1.807) is 19.2 Å². The SMILES string of the molecule is COc1ccc(O)cc1S. The summed E-state index contributed by atoms with van der Waals surface area (Å²) < 4.78 is 4.91. The Labute approximate surface area is 64.9 Å². The highest BCUT2D eigenvalue weighted by Gasteiger charge is 1.97. The molecule has 10 heavy (non-hydrogen) atoms. The quantitative estimate of drug-likeness (QED) is 0.606. The fourth-order valence-corrected chi connectivity index (χ4v) is 0.976. The Kier molecular flexibility index (Phi) is 2.06. The van der Waals surface area contributed by atoms with Crippen molar-refractivity contribution in [3.8, 4) is 11.5 Å². The summed E-state index contributed by atoms with van der Waals surface area (Å²) in [7, 11) is 1.56. The standard InChI is InChI=1S/C7H8O2S/c1-9-6-3-2-5(8)4-7(6)10/h2-4,8,10H,1H3. The van der Waals surface area contributed by atoms with Gasteiger partial charge >= 0.3 is 0 Å². The van der Waals surface area contributed by atoms with Gasteiger partial charge in [0.2, 0.25) is 0 Å². The van der Waals surface area contributed by atoms with Gasteiger partial charge in [-0.05, 0) is 18.2 Å². The summed E-state index contributed by atoms with van der Waals surface area (Å²) in [6.07, 6.45) is 0. The first-order valence-electron chi connectivity index (χ1n) is 2.80. The van der Waals surface area contributed by atoms with E-state index in [-0.39, 0.29) is 5.75 Å². The Balaban J connectivity index is 3.07. The average molecular weight is 156 g/mol. The van der Waals surface area contributed by atoms with Gasteiger partial charge in [-0.2, -0.15) is 0 Å². The van der Waals surface area contributed by atoms with Gasteiger partial charge in [-0.15, -0.1) is 12.6 Å². The number of methoxy groups -OCH3 is 1. The molecule has 0 atom stereocenters. The maximum absolute atomic E-state index is 8.93. The van der Waals surface area contributed by atoms with E-state index < -0.39 is 0 Å². The summed E-state index contributed by atoms with van der Waals surface area (Å²) in [4.78, 5) is 0.641. The number of thiol groups is 1. The molecule has 0 heterocycles. The van der Waals surface area contributed by atoms with Gasteiger partial charge in [0.15, 0.2) is 0 Å². The van der Waals surface area contributed by atoms with Crippen molar-refractivity contribution in [1.82, 2.24) is 0 Å². The normalized spacial score (nSPS) is 9.40. The minimum absolute atomic E-state index is 0.200. The fraction of sp³-hybridized carbons (Fsp3) is 0.143. The van der Waals surface area contributed by atoms with E-state index in [9.17, 15) is 0 Å². The molecule has 3 heteroatoms. The van der Waals surface area contributed by atoms with Crippen LogP contribution in [0.2, 0.25) is 0 Å². The molecule has 1 rings (SSSR count). The van der Waals surface area contributed by atoms with Crippen LogP contribution < -0.4 is 4.74 Å². The molecule has 1 aromatic rings. The molecule has 0 spiro atoms. The second-order valence-electron chi connectivity index (χ2n) is 1.86. The molecule has 1 aromatic carbocycles. The summed E-state index contributed by atoms with van der Waals surface area (Å²) in [6, 6.07) is 4.75. The second kappa shape index (κ2) is 2.84. The first kappa shape index (κ1) is 7.28. The molecule has 0 amide bonds. The van der Waals surface area contributed by atoms with E-state index >= 15 is 0 Å². The zero-order valence-electron chi connectivity index (χ0n) is 5.53. The molecular formula is C7H8O2S. The molecule has 0 saturated carbocycles. The minimum atomic E-state index is 0.200. The van der Waals surface area contributed by atoms with Crippen molar-refractivity contribution in [2.45, 2.75) is 4.90 Å². The molecule has 2 nitrogen and oxygen atoms in total. The molecule has 0 radical (unpaired) electrons. The van der Waals surface area contributed by atoms with Crippen LogP contribution >= 0.6 is 12.6 Å². The van der Waals surface area contributed by atoms with Gasteiger partial charge in [0.25, 0.3) is 0 Å².